The fourth-order valence-corrected chi connectivity index (χ4v) is 2.47. The number of nitrogens with zero attached hydrogens (tertiary/aromatic N) is 2. The second-order valence-electron chi connectivity index (χ2n) is 6.49. The average molecular weight is 311 g/mol. The van der Waals surface area contributed by atoms with Gasteiger partial charge in [0.15, 0.2) is 0 Å². The van der Waals surface area contributed by atoms with Crippen molar-refractivity contribution in [3.8, 4) is 0 Å². The second kappa shape index (κ2) is 8.47. The van der Waals surface area contributed by atoms with Crippen molar-refractivity contribution in [1.29, 1.82) is 0 Å². The zero-order chi connectivity index (χ0) is 15.9. The number of thioether (sulfide) groups is 1. The quantitative estimate of drug-likeness (QED) is 0.711. The van der Waals surface area contributed by atoms with E-state index in [0.29, 0.717) is 5.82 Å². The van der Waals surface area contributed by atoms with Crippen LogP contribution in [0.25, 0.3) is 0 Å². The number of nitrogens with one attached hydrogen (secondary N) is 1. The minimum absolute atomic E-state index is 0.0872. The summed E-state index contributed by atoms with van der Waals surface area (Å²) < 4.78 is 0. The smallest absolute Gasteiger partial charge is 0.138 e. The van der Waals surface area contributed by atoms with Crippen molar-refractivity contribution in [2.24, 2.45) is 0 Å². The van der Waals surface area contributed by atoms with Crippen LogP contribution >= 0.6 is 11.8 Å². The Morgan fingerprint density at radius 1 is 1.10 bits per heavy atom. The van der Waals surface area contributed by atoms with Gasteiger partial charge in [0, 0.05) is 17.5 Å². The van der Waals surface area contributed by atoms with E-state index in [4.69, 9.17) is 5.73 Å². The van der Waals surface area contributed by atoms with E-state index < -0.39 is 0 Å². The largest absolute Gasteiger partial charge is 0.383 e. The Morgan fingerprint density at radius 2 is 1.76 bits per heavy atom. The number of hydrogen-bond acceptors (Lipinski definition) is 5. The highest BCUT2D eigenvalue weighted by Gasteiger charge is 2.20. The summed E-state index contributed by atoms with van der Waals surface area (Å²) in [4.78, 5) is 9.05. The molecule has 0 aliphatic rings. The molecule has 0 bridgehead atoms. The highest BCUT2D eigenvalue weighted by Crippen LogP contribution is 2.24. The maximum atomic E-state index is 6.01. The summed E-state index contributed by atoms with van der Waals surface area (Å²) in [6.45, 7) is 9.23. The lowest BCUT2D eigenvalue weighted by atomic mass is 9.95. The van der Waals surface area contributed by atoms with Gasteiger partial charge in [0.05, 0.1) is 0 Å². The molecule has 0 aliphatic heterocycles. The number of aromatic nitrogens is 2. The van der Waals surface area contributed by atoms with Gasteiger partial charge in [-0.25, -0.2) is 9.97 Å². The minimum Gasteiger partial charge on any atom is -0.383 e. The van der Waals surface area contributed by atoms with Gasteiger partial charge in [0.1, 0.15) is 17.5 Å². The lowest BCUT2D eigenvalue weighted by molar-refractivity contribution is 0.546. The molecule has 1 heterocycles. The highest BCUT2D eigenvalue weighted by atomic mass is 32.2. The lowest BCUT2D eigenvalue weighted by Crippen LogP contribution is -2.19. The second-order valence-corrected chi connectivity index (χ2v) is 7.48. The molecule has 0 amide bonds. The van der Waals surface area contributed by atoms with Crippen molar-refractivity contribution in [3.05, 3.63) is 11.4 Å². The molecule has 0 aliphatic carbocycles. The van der Waals surface area contributed by atoms with Gasteiger partial charge in [-0.3, -0.25) is 0 Å². The number of nitrogens with two attached hydrogens (primary N) is 1. The molecule has 1 aromatic heterocycles. The molecule has 0 unspecified atom stereocenters. The monoisotopic (exact) mass is 310 g/mol. The number of nitrogen functional groups attached to an aromatic ring is 1. The molecule has 1 rings (SSSR count). The Hall–Kier alpha value is -0.970. The Bertz CT molecular complexity index is 441. The van der Waals surface area contributed by atoms with E-state index in [2.05, 4.69) is 42.3 Å². The number of unbranched alkanes of at least 4 members (excludes halogenated alkanes) is 3. The van der Waals surface area contributed by atoms with Crippen LogP contribution in [0.5, 0.6) is 0 Å². The van der Waals surface area contributed by atoms with Crippen LogP contribution in [0.4, 0.5) is 11.6 Å². The molecule has 0 aromatic carbocycles. The number of hydrogen-bond donors (Lipinski definition) is 2. The summed E-state index contributed by atoms with van der Waals surface area (Å²) in [5, 5.41) is 3.42. The van der Waals surface area contributed by atoms with Crippen LogP contribution in [-0.4, -0.2) is 28.5 Å². The Balaban J connectivity index is 2.53. The fourth-order valence-electron chi connectivity index (χ4n) is 1.97. The molecule has 21 heavy (non-hydrogen) atoms. The zero-order valence-corrected chi connectivity index (χ0v) is 14.9. The van der Waals surface area contributed by atoms with Crippen molar-refractivity contribution < 1.29 is 0 Å². The molecule has 0 fully saturated rings. The first-order valence-electron chi connectivity index (χ1n) is 7.73. The normalized spacial score (nSPS) is 11.7. The fraction of sp³-hybridized carbons (Fsp3) is 0.750. The maximum absolute atomic E-state index is 6.01. The minimum atomic E-state index is -0.0872. The van der Waals surface area contributed by atoms with Crippen LogP contribution in [0.2, 0.25) is 0 Å². The molecule has 0 radical (unpaired) electrons. The summed E-state index contributed by atoms with van der Waals surface area (Å²) in [5.41, 5.74) is 6.87. The van der Waals surface area contributed by atoms with Crippen LogP contribution in [0.15, 0.2) is 0 Å². The third-order valence-electron chi connectivity index (χ3n) is 3.42. The third-order valence-corrected chi connectivity index (χ3v) is 4.12. The third kappa shape index (κ3) is 6.12. The standard InChI is InChI=1S/C16H30N4S/c1-12-13(17)19-15(16(2,3)4)20-14(12)18-10-8-6-7-9-11-21-5/h6-11H2,1-5H3,(H3,17,18,19,20). The van der Waals surface area contributed by atoms with Gasteiger partial charge in [0.25, 0.3) is 0 Å². The molecule has 4 nitrogen and oxygen atoms in total. The molecule has 120 valence electrons. The van der Waals surface area contributed by atoms with E-state index in [1.165, 1.54) is 31.4 Å². The highest BCUT2D eigenvalue weighted by molar-refractivity contribution is 7.98. The number of rotatable bonds is 8. The molecule has 0 saturated carbocycles. The molecule has 0 saturated heterocycles. The molecule has 3 N–H and O–H groups in total. The number of anilines is 2. The van der Waals surface area contributed by atoms with Gasteiger partial charge in [-0.2, -0.15) is 11.8 Å². The first kappa shape index (κ1) is 18.1. The molecular formula is C16H30N4S. The average Bonchev–Trinajstić information content (AvgIpc) is 2.41. The zero-order valence-electron chi connectivity index (χ0n) is 14.1. The van der Waals surface area contributed by atoms with Crippen molar-refractivity contribution in [1.82, 2.24) is 9.97 Å². The van der Waals surface area contributed by atoms with E-state index >= 15 is 0 Å². The summed E-state index contributed by atoms with van der Waals surface area (Å²) in [5.74, 6) is 3.53. The summed E-state index contributed by atoms with van der Waals surface area (Å²) >= 11 is 1.92. The van der Waals surface area contributed by atoms with Crippen molar-refractivity contribution in [3.63, 3.8) is 0 Å². The van der Waals surface area contributed by atoms with Crippen molar-refractivity contribution >= 4 is 23.4 Å². The van der Waals surface area contributed by atoms with E-state index in [1.807, 2.05) is 18.7 Å². The van der Waals surface area contributed by atoms with Crippen LogP contribution in [0, 0.1) is 6.92 Å². The molecular weight excluding hydrogens is 280 g/mol. The van der Waals surface area contributed by atoms with E-state index in [-0.39, 0.29) is 5.41 Å². The lowest BCUT2D eigenvalue weighted by Gasteiger charge is -2.19. The molecule has 0 spiro atoms. The Morgan fingerprint density at radius 3 is 2.38 bits per heavy atom. The van der Waals surface area contributed by atoms with Crippen molar-refractivity contribution in [2.75, 3.05) is 29.6 Å². The van der Waals surface area contributed by atoms with Crippen molar-refractivity contribution in [2.45, 2.75) is 58.8 Å². The summed E-state index contributed by atoms with van der Waals surface area (Å²) in [6.07, 6.45) is 7.22. The molecule has 5 heteroatoms. The predicted octanol–water partition coefficient (Wildman–Crippen LogP) is 4.00. The van der Waals surface area contributed by atoms with Crippen LogP contribution in [0.1, 0.15) is 57.8 Å². The van der Waals surface area contributed by atoms with Crippen LogP contribution in [0.3, 0.4) is 0 Å². The summed E-state index contributed by atoms with van der Waals surface area (Å²) in [7, 11) is 0. The van der Waals surface area contributed by atoms with Gasteiger partial charge in [-0.1, -0.05) is 33.6 Å². The van der Waals surface area contributed by atoms with E-state index in [0.717, 1.165) is 23.8 Å². The van der Waals surface area contributed by atoms with Crippen LogP contribution in [-0.2, 0) is 5.41 Å². The van der Waals surface area contributed by atoms with Gasteiger partial charge < -0.3 is 11.1 Å². The maximum Gasteiger partial charge on any atom is 0.138 e. The summed E-state index contributed by atoms with van der Waals surface area (Å²) in [6, 6.07) is 0. The van der Waals surface area contributed by atoms with Gasteiger partial charge >= 0.3 is 0 Å². The first-order valence-corrected chi connectivity index (χ1v) is 9.13. The van der Waals surface area contributed by atoms with Gasteiger partial charge in [-0.15, -0.1) is 0 Å². The molecule has 1 aromatic rings. The Labute approximate surface area is 133 Å². The van der Waals surface area contributed by atoms with Gasteiger partial charge in [-0.05, 0) is 31.8 Å². The Kier molecular flexibility index (Phi) is 7.29. The van der Waals surface area contributed by atoms with Crippen LogP contribution < -0.4 is 11.1 Å². The van der Waals surface area contributed by atoms with Gasteiger partial charge in [0.2, 0.25) is 0 Å². The molecule has 0 atom stereocenters. The SMILES string of the molecule is CSCCCCCCNc1nc(C(C)(C)C)nc(N)c1C. The predicted molar refractivity (Wildman–Crippen MR) is 95.2 cm³/mol. The first-order chi connectivity index (χ1) is 9.86. The topological polar surface area (TPSA) is 63.8 Å². The van der Waals surface area contributed by atoms with E-state index in [9.17, 15) is 0 Å². The van der Waals surface area contributed by atoms with E-state index in [1.54, 1.807) is 0 Å².